The zero-order valence-corrected chi connectivity index (χ0v) is 15.9. The van der Waals surface area contributed by atoms with E-state index >= 15 is 0 Å². The van der Waals surface area contributed by atoms with E-state index in [0.717, 1.165) is 32.2 Å². The summed E-state index contributed by atoms with van der Waals surface area (Å²) in [6, 6.07) is 12.4. The van der Waals surface area contributed by atoms with E-state index in [-0.39, 0.29) is 17.9 Å². The number of fused-ring (bicyclic) bond motifs is 2. The molecule has 1 saturated heterocycles. The highest BCUT2D eigenvalue weighted by molar-refractivity contribution is 6.05. The fourth-order valence-corrected chi connectivity index (χ4v) is 3.87. The van der Waals surface area contributed by atoms with Crippen LogP contribution in [0.25, 0.3) is 0 Å². The van der Waals surface area contributed by atoms with Gasteiger partial charge in [-0.15, -0.1) is 0 Å². The number of carbonyl (C=O) groups excluding carboxylic acids is 2. The molecule has 1 fully saturated rings. The number of amides is 2. The van der Waals surface area contributed by atoms with Crippen LogP contribution >= 0.6 is 0 Å². The summed E-state index contributed by atoms with van der Waals surface area (Å²) in [5.41, 5.74) is 1.61. The number of benzene rings is 2. The maximum absolute atomic E-state index is 13.1. The number of nitrogens with one attached hydrogen (secondary N) is 1. The highest BCUT2D eigenvalue weighted by atomic mass is 16.5. The summed E-state index contributed by atoms with van der Waals surface area (Å²) >= 11 is 0. The van der Waals surface area contributed by atoms with Crippen LogP contribution in [0, 0.1) is 0 Å². The summed E-state index contributed by atoms with van der Waals surface area (Å²) in [5.74, 6) is 1.02. The summed E-state index contributed by atoms with van der Waals surface area (Å²) in [6.45, 7) is 1.38. The number of nitrogens with zero attached hydrogens (tertiary/aromatic N) is 1. The second kappa shape index (κ2) is 7.92. The lowest BCUT2D eigenvalue weighted by molar-refractivity contribution is 0.0548. The maximum atomic E-state index is 13.1. The Balaban J connectivity index is 1.56. The summed E-state index contributed by atoms with van der Waals surface area (Å²) in [4.78, 5) is 27.6. The van der Waals surface area contributed by atoms with Crippen LogP contribution in [-0.2, 0) is 0 Å². The molecule has 2 heterocycles. The van der Waals surface area contributed by atoms with Gasteiger partial charge in [-0.25, -0.2) is 0 Å². The van der Waals surface area contributed by atoms with Crippen molar-refractivity contribution in [2.45, 2.75) is 31.7 Å². The third-order valence-corrected chi connectivity index (χ3v) is 5.42. The van der Waals surface area contributed by atoms with Crippen molar-refractivity contribution < 1.29 is 19.1 Å². The minimum absolute atomic E-state index is 0.0139. The van der Waals surface area contributed by atoms with Crippen LogP contribution in [0.3, 0.4) is 0 Å². The van der Waals surface area contributed by atoms with Gasteiger partial charge in [-0.3, -0.25) is 9.59 Å². The van der Waals surface area contributed by atoms with Crippen molar-refractivity contribution in [3.05, 3.63) is 53.6 Å². The SMILES string of the molecule is COc1ccc(C(=O)Nc2ccc3c(c2)C(=O)N2CCCCC2CCO3)cc1. The van der Waals surface area contributed by atoms with E-state index in [1.54, 1.807) is 49.6 Å². The number of hydrogen-bond acceptors (Lipinski definition) is 4. The predicted molar refractivity (Wildman–Crippen MR) is 106 cm³/mol. The van der Waals surface area contributed by atoms with Crippen molar-refractivity contribution in [2.24, 2.45) is 0 Å². The second-order valence-electron chi connectivity index (χ2n) is 7.18. The van der Waals surface area contributed by atoms with Gasteiger partial charge in [0.25, 0.3) is 11.8 Å². The molecule has 0 aliphatic carbocycles. The van der Waals surface area contributed by atoms with Crippen LogP contribution in [0.4, 0.5) is 5.69 Å². The van der Waals surface area contributed by atoms with Crippen molar-refractivity contribution in [2.75, 3.05) is 25.6 Å². The van der Waals surface area contributed by atoms with Crippen LogP contribution in [0.2, 0.25) is 0 Å². The molecule has 0 radical (unpaired) electrons. The molecule has 146 valence electrons. The number of piperidine rings is 1. The lowest BCUT2D eigenvalue weighted by Gasteiger charge is -2.37. The molecular weight excluding hydrogens is 356 g/mol. The van der Waals surface area contributed by atoms with E-state index in [9.17, 15) is 9.59 Å². The van der Waals surface area contributed by atoms with Crippen molar-refractivity contribution in [3.8, 4) is 11.5 Å². The van der Waals surface area contributed by atoms with Crippen molar-refractivity contribution in [1.82, 2.24) is 4.90 Å². The van der Waals surface area contributed by atoms with Gasteiger partial charge in [0.15, 0.2) is 0 Å². The van der Waals surface area contributed by atoms with E-state index in [4.69, 9.17) is 9.47 Å². The van der Waals surface area contributed by atoms with Crippen LogP contribution in [-0.4, -0.2) is 43.0 Å². The molecule has 1 atom stereocenters. The molecule has 0 bridgehead atoms. The Kier molecular flexibility index (Phi) is 5.19. The van der Waals surface area contributed by atoms with Crippen LogP contribution < -0.4 is 14.8 Å². The first-order chi connectivity index (χ1) is 13.7. The molecule has 2 aromatic rings. The summed E-state index contributed by atoms with van der Waals surface area (Å²) in [6.07, 6.45) is 4.07. The van der Waals surface area contributed by atoms with Crippen LogP contribution in [0.1, 0.15) is 46.4 Å². The molecule has 4 rings (SSSR count). The molecule has 6 heteroatoms. The van der Waals surface area contributed by atoms with Crippen LogP contribution in [0.15, 0.2) is 42.5 Å². The van der Waals surface area contributed by atoms with Crippen molar-refractivity contribution in [1.29, 1.82) is 0 Å². The van der Waals surface area contributed by atoms with Crippen molar-refractivity contribution in [3.63, 3.8) is 0 Å². The van der Waals surface area contributed by atoms with E-state index in [0.29, 0.717) is 34.9 Å². The molecule has 0 aromatic heterocycles. The molecule has 2 amide bonds. The first-order valence-electron chi connectivity index (χ1n) is 9.69. The van der Waals surface area contributed by atoms with Gasteiger partial charge in [-0.05, 0) is 61.7 Å². The molecule has 0 saturated carbocycles. The van der Waals surface area contributed by atoms with Gasteiger partial charge < -0.3 is 19.7 Å². The molecule has 1 N–H and O–H groups in total. The van der Waals surface area contributed by atoms with Gasteiger partial charge in [0, 0.05) is 30.3 Å². The van der Waals surface area contributed by atoms with Gasteiger partial charge in [0.2, 0.25) is 0 Å². The maximum Gasteiger partial charge on any atom is 0.257 e. The molecule has 2 aliphatic heterocycles. The molecule has 28 heavy (non-hydrogen) atoms. The minimum atomic E-state index is -0.238. The summed E-state index contributed by atoms with van der Waals surface area (Å²) in [5, 5.41) is 2.87. The standard InChI is InChI=1S/C22H24N2O4/c1-27-18-8-5-15(6-9-18)21(25)23-16-7-10-20-19(14-16)22(26)24-12-3-2-4-17(24)11-13-28-20/h5-10,14,17H,2-4,11-13H2,1H3,(H,23,25). The molecular formula is C22H24N2O4. The lowest BCUT2D eigenvalue weighted by Crippen LogP contribution is -2.45. The van der Waals surface area contributed by atoms with E-state index in [2.05, 4.69) is 5.32 Å². The van der Waals surface area contributed by atoms with E-state index in [1.165, 1.54) is 0 Å². The third-order valence-electron chi connectivity index (χ3n) is 5.42. The van der Waals surface area contributed by atoms with Gasteiger partial charge in [-0.1, -0.05) is 0 Å². The summed E-state index contributed by atoms with van der Waals surface area (Å²) in [7, 11) is 1.58. The highest BCUT2D eigenvalue weighted by Crippen LogP contribution is 2.31. The number of carbonyl (C=O) groups is 2. The Labute approximate surface area is 164 Å². The average Bonchev–Trinajstić information content (AvgIpc) is 2.73. The normalized spacial score (nSPS) is 18.8. The second-order valence-corrected chi connectivity index (χ2v) is 7.18. The Hall–Kier alpha value is -3.02. The monoisotopic (exact) mass is 380 g/mol. The first-order valence-corrected chi connectivity index (χ1v) is 9.69. The Morgan fingerprint density at radius 2 is 1.96 bits per heavy atom. The number of hydrogen-bond donors (Lipinski definition) is 1. The number of rotatable bonds is 3. The molecule has 2 aliphatic rings. The molecule has 1 unspecified atom stereocenters. The quantitative estimate of drug-likeness (QED) is 0.881. The van der Waals surface area contributed by atoms with Gasteiger partial charge >= 0.3 is 0 Å². The third kappa shape index (κ3) is 3.67. The number of anilines is 1. The van der Waals surface area contributed by atoms with Crippen LogP contribution in [0.5, 0.6) is 11.5 Å². The highest BCUT2D eigenvalue weighted by Gasteiger charge is 2.31. The largest absolute Gasteiger partial charge is 0.497 e. The number of ether oxygens (including phenoxy) is 2. The average molecular weight is 380 g/mol. The Bertz CT molecular complexity index is 879. The predicted octanol–water partition coefficient (Wildman–Crippen LogP) is 3.72. The minimum Gasteiger partial charge on any atom is -0.497 e. The fraction of sp³-hybridized carbons (Fsp3) is 0.364. The smallest absolute Gasteiger partial charge is 0.257 e. The molecule has 6 nitrogen and oxygen atoms in total. The Morgan fingerprint density at radius 1 is 1.14 bits per heavy atom. The zero-order chi connectivity index (χ0) is 19.5. The first kappa shape index (κ1) is 18.3. The van der Waals surface area contributed by atoms with Gasteiger partial charge in [0.1, 0.15) is 11.5 Å². The number of methoxy groups -OCH3 is 1. The summed E-state index contributed by atoms with van der Waals surface area (Å²) < 4.78 is 11.0. The molecule has 0 spiro atoms. The van der Waals surface area contributed by atoms with E-state index in [1.807, 2.05) is 4.90 Å². The van der Waals surface area contributed by atoms with Gasteiger partial charge in [-0.2, -0.15) is 0 Å². The lowest BCUT2D eigenvalue weighted by atomic mass is 9.97. The fourth-order valence-electron chi connectivity index (χ4n) is 3.87. The van der Waals surface area contributed by atoms with Gasteiger partial charge in [0.05, 0.1) is 19.3 Å². The topological polar surface area (TPSA) is 67.9 Å². The Morgan fingerprint density at radius 3 is 2.75 bits per heavy atom. The zero-order valence-electron chi connectivity index (χ0n) is 15.9. The molecule has 2 aromatic carbocycles. The van der Waals surface area contributed by atoms with E-state index < -0.39 is 0 Å². The van der Waals surface area contributed by atoms with Crippen molar-refractivity contribution >= 4 is 17.5 Å².